The Balaban J connectivity index is 1.09. The molecule has 4 heterocycles. The van der Waals surface area contributed by atoms with E-state index in [0.717, 1.165) is 44.7 Å². The lowest BCUT2D eigenvalue weighted by Crippen LogP contribution is -2.45. The van der Waals surface area contributed by atoms with Crippen molar-refractivity contribution in [3.8, 4) is 0 Å². The van der Waals surface area contributed by atoms with E-state index in [9.17, 15) is 9.18 Å². The zero-order valence-corrected chi connectivity index (χ0v) is 24.4. The van der Waals surface area contributed by atoms with Crippen LogP contribution in [0.1, 0.15) is 68.7 Å². The number of amides is 2. The average molecular weight is 559 g/mol. The summed E-state index contributed by atoms with van der Waals surface area (Å²) in [5.74, 6) is 0.875. The highest BCUT2D eigenvalue weighted by Crippen LogP contribution is 2.42. The Morgan fingerprint density at radius 3 is 2.46 bits per heavy atom. The number of hydrogen-bond acceptors (Lipinski definition) is 4. The Morgan fingerprint density at radius 1 is 1.02 bits per heavy atom. The van der Waals surface area contributed by atoms with Crippen LogP contribution in [0.4, 0.5) is 20.6 Å². The van der Waals surface area contributed by atoms with Gasteiger partial charge in [-0.15, -0.1) is 0 Å². The molecule has 3 aliphatic rings. The van der Waals surface area contributed by atoms with Gasteiger partial charge in [-0.05, 0) is 88.4 Å². The summed E-state index contributed by atoms with van der Waals surface area (Å²) in [5, 5.41) is 2.94. The van der Waals surface area contributed by atoms with E-state index in [-0.39, 0.29) is 11.8 Å². The maximum Gasteiger partial charge on any atom is 0.326 e. The first-order chi connectivity index (χ1) is 20.0. The van der Waals surface area contributed by atoms with Gasteiger partial charge in [0.15, 0.2) is 0 Å². The summed E-state index contributed by atoms with van der Waals surface area (Å²) in [4.78, 5) is 25.4. The summed E-state index contributed by atoms with van der Waals surface area (Å²) >= 11 is 0. The number of anilines is 2. The van der Waals surface area contributed by atoms with Crippen molar-refractivity contribution in [3.05, 3.63) is 77.6 Å². The van der Waals surface area contributed by atoms with Gasteiger partial charge in [0.05, 0.1) is 5.69 Å². The van der Waals surface area contributed by atoms with Gasteiger partial charge in [0.1, 0.15) is 11.6 Å². The van der Waals surface area contributed by atoms with Crippen LogP contribution in [0.2, 0.25) is 0 Å². The molecule has 1 aromatic heterocycles. The topological polar surface area (TPSA) is 56.6 Å². The zero-order chi connectivity index (χ0) is 28.3. The molecule has 0 spiro atoms. The highest BCUT2D eigenvalue weighted by Gasteiger charge is 2.42. The van der Waals surface area contributed by atoms with Crippen LogP contribution in [-0.2, 0) is 13.0 Å². The molecule has 0 radical (unpaired) electrons. The second kappa shape index (κ2) is 12.3. The molecule has 2 amide bonds. The van der Waals surface area contributed by atoms with Gasteiger partial charge in [0.25, 0.3) is 0 Å². The number of benzene rings is 2. The molecule has 1 N–H and O–H groups in total. The quantitative estimate of drug-likeness (QED) is 0.330. The maximum atomic E-state index is 13.4. The van der Waals surface area contributed by atoms with Gasteiger partial charge in [-0.1, -0.05) is 25.1 Å². The number of urea groups is 1. The van der Waals surface area contributed by atoms with Gasteiger partial charge in [-0.2, -0.15) is 0 Å². The minimum atomic E-state index is -0.317. The molecular formula is C33H43FN6O. The van der Waals surface area contributed by atoms with E-state index in [2.05, 4.69) is 33.5 Å². The number of aryl methyl sites for hydroxylation is 1. The molecule has 7 nitrogen and oxygen atoms in total. The van der Waals surface area contributed by atoms with Crippen LogP contribution < -0.4 is 10.2 Å². The standard InChI is InChI=1S/C33H43FN6O/c1-3-17-37-20-16-32-31(23-37)35-24(2)40(32)30-21-28-14-15-29(22-30)38(28)18-7-19-39(27-8-5-4-6-9-27)33(41)36-26-12-10-25(34)11-13-26/h4-6,8-13,28-30H,3,7,14-23H2,1-2H3,(H,36,41)/t28-,29+,30?. The highest BCUT2D eigenvalue weighted by molar-refractivity contribution is 6.01. The predicted octanol–water partition coefficient (Wildman–Crippen LogP) is 6.40. The van der Waals surface area contributed by atoms with E-state index in [4.69, 9.17) is 4.98 Å². The Kier molecular flexibility index (Phi) is 8.40. The lowest BCUT2D eigenvalue weighted by Gasteiger charge is -2.41. The summed E-state index contributed by atoms with van der Waals surface area (Å²) in [5.41, 5.74) is 4.24. The predicted molar refractivity (Wildman–Crippen MR) is 162 cm³/mol. The van der Waals surface area contributed by atoms with Crippen molar-refractivity contribution in [3.63, 3.8) is 0 Å². The van der Waals surface area contributed by atoms with E-state index in [0.29, 0.717) is 30.4 Å². The molecule has 2 bridgehead atoms. The van der Waals surface area contributed by atoms with Crippen molar-refractivity contribution in [2.24, 2.45) is 0 Å². The molecule has 0 aliphatic carbocycles. The summed E-state index contributed by atoms with van der Waals surface area (Å²) in [6, 6.07) is 17.3. The number of imidazole rings is 1. The van der Waals surface area contributed by atoms with Crippen molar-refractivity contribution in [1.29, 1.82) is 0 Å². The molecule has 0 saturated carbocycles. The van der Waals surface area contributed by atoms with Gasteiger partial charge in [-0.25, -0.2) is 14.2 Å². The summed E-state index contributed by atoms with van der Waals surface area (Å²) < 4.78 is 16.0. The number of nitrogens with zero attached hydrogens (tertiary/aromatic N) is 5. The maximum absolute atomic E-state index is 13.4. The summed E-state index contributed by atoms with van der Waals surface area (Å²) in [7, 11) is 0. The Hall–Kier alpha value is -3.23. The van der Waals surface area contributed by atoms with E-state index in [1.165, 1.54) is 61.4 Å². The minimum absolute atomic E-state index is 0.192. The number of para-hydroxylation sites is 1. The molecule has 1 unspecified atom stereocenters. The van der Waals surface area contributed by atoms with E-state index < -0.39 is 0 Å². The van der Waals surface area contributed by atoms with Crippen LogP contribution in [0.3, 0.4) is 0 Å². The number of nitrogens with one attached hydrogen (secondary N) is 1. The van der Waals surface area contributed by atoms with E-state index in [1.807, 2.05) is 30.3 Å². The molecule has 41 heavy (non-hydrogen) atoms. The molecule has 3 atom stereocenters. The van der Waals surface area contributed by atoms with Crippen molar-refractivity contribution in [2.75, 3.05) is 36.4 Å². The van der Waals surface area contributed by atoms with Crippen LogP contribution >= 0.6 is 0 Å². The van der Waals surface area contributed by atoms with Crippen LogP contribution in [0.25, 0.3) is 0 Å². The fraction of sp³-hybridized carbons (Fsp3) is 0.515. The Bertz CT molecular complexity index is 1310. The number of carbonyl (C=O) groups is 1. The van der Waals surface area contributed by atoms with Gasteiger partial charge in [-0.3, -0.25) is 14.7 Å². The molecule has 3 aromatic rings. The number of halogens is 1. The lowest BCUT2D eigenvalue weighted by atomic mass is 9.95. The van der Waals surface area contributed by atoms with Crippen LogP contribution in [-0.4, -0.2) is 63.6 Å². The van der Waals surface area contributed by atoms with Crippen LogP contribution in [0.5, 0.6) is 0 Å². The largest absolute Gasteiger partial charge is 0.329 e. The number of fused-ring (bicyclic) bond motifs is 3. The van der Waals surface area contributed by atoms with Gasteiger partial charge in [0, 0.05) is 67.8 Å². The monoisotopic (exact) mass is 558 g/mol. The van der Waals surface area contributed by atoms with Gasteiger partial charge >= 0.3 is 6.03 Å². The second-order valence-corrected chi connectivity index (χ2v) is 12.0. The summed E-state index contributed by atoms with van der Waals surface area (Å²) in [6.45, 7) is 9.36. The molecule has 2 aromatic carbocycles. The Morgan fingerprint density at radius 2 is 1.76 bits per heavy atom. The molecule has 2 saturated heterocycles. The fourth-order valence-corrected chi connectivity index (χ4v) is 7.50. The number of aromatic nitrogens is 2. The second-order valence-electron chi connectivity index (χ2n) is 12.0. The smallest absolute Gasteiger partial charge is 0.326 e. The number of hydrogen-bond donors (Lipinski definition) is 1. The first kappa shape index (κ1) is 27.9. The van der Waals surface area contributed by atoms with Crippen molar-refractivity contribution in [1.82, 2.24) is 19.4 Å². The zero-order valence-electron chi connectivity index (χ0n) is 24.4. The highest BCUT2D eigenvalue weighted by atomic mass is 19.1. The van der Waals surface area contributed by atoms with Crippen LogP contribution in [0.15, 0.2) is 54.6 Å². The third-order valence-corrected chi connectivity index (χ3v) is 9.28. The average Bonchev–Trinajstić information content (AvgIpc) is 3.42. The van der Waals surface area contributed by atoms with Crippen molar-refractivity contribution < 1.29 is 9.18 Å². The molecule has 2 fully saturated rings. The van der Waals surface area contributed by atoms with Gasteiger partial charge in [0.2, 0.25) is 0 Å². The van der Waals surface area contributed by atoms with Crippen molar-refractivity contribution in [2.45, 2.75) is 83.5 Å². The number of carbonyl (C=O) groups excluding carboxylic acids is 1. The normalized spacial score (nSPS) is 22.5. The first-order valence-corrected chi connectivity index (χ1v) is 15.4. The Labute approximate surface area is 243 Å². The molecular weight excluding hydrogens is 515 g/mol. The van der Waals surface area contributed by atoms with E-state index in [1.54, 1.807) is 17.0 Å². The summed E-state index contributed by atoms with van der Waals surface area (Å²) in [6.07, 6.45) is 8.10. The fourth-order valence-electron chi connectivity index (χ4n) is 7.50. The third kappa shape index (κ3) is 6.04. The van der Waals surface area contributed by atoms with Gasteiger partial charge < -0.3 is 9.88 Å². The van der Waals surface area contributed by atoms with E-state index >= 15 is 0 Å². The molecule has 218 valence electrons. The number of piperidine rings is 1. The van der Waals surface area contributed by atoms with Crippen molar-refractivity contribution >= 4 is 17.4 Å². The lowest BCUT2D eigenvalue weighted by molar-refractivity contribution is 0.104. The third-order valence-electron chi connectivity index (χ3n) is 9.28. The number of rotatable bonds is 9. The molecule has 3 aliphatic heterocycles. The van der Waals surface area contributed by atoms with Crippen LogP contribution in [0, 0.1) is 12.7 Å². The molecule has 6 rings (SSSR count). The molecule has 8 heteroatoms. The first-order valence-electron chi connectivity index (χ1n) is 15.4. The minimum Gasteiger partial charge on any atom is -0.329 e. The SMILES string of the molecule is CCCN1CCc2c(nc(C)n2C2C[C@H]3CC[C@@H](C2)N3CCCN(C(=O)Nc2ccc(F)cc2)c2ccccc2)C1.